The largest absolute Gasteiger partial charge is 0.488 e. The van der Waals surface area contributed by atoms with Gasteiger partial charge in [-0.2, -0.15) is 0 Å². The molecule has 3 aliphatic rings. The molecule has 1 aliphatic heterocycles. The van der Waals surface area contributed by atoms with Gasteiger partial charge in [0.25, 0.3) is 0 Å². The van der Waals surface area contributed by atoms with Crippen LogP contribution in [0.5, 0.6) is 0 Å². The van der Waals surface area contributed by atoms with Crippen LogP contribution in [0, 0.1) is 4.91 Å². The lowest BCUT2D eigenvalue weighted by molar-refractivity contribution is -0.127. The second-order valence-electron chi connectivity index (χ2n) is 8.58. The molecule has 0 aromatic heterocycles. The molecule has 0 radical (unpaired) electrons. The van der Waals surface area contributed by atoms with E-state index in [2.05, 4.69) is 35.4 Å². The molecule has 1 atom stereocenters. The molecule has 10 nitrogen and oxygen atoms in total. The number of fused-ring (bicyclic) bond motifs is 1. The number of carbonyl (C=O) groups is 2. The van der Waals surface area contributed by atoms with E-state index in [1.807, 2.05) is 29.2 Å². The van der Waals surface area contributed by atoms with Crippen LogP contribution in [0.1, 0.15) is 52.4 Å². The van der Waals surface area contributed by atoms with Gasteiger partial charge in [0.1, 0.15) is 0 Å². The standard InChI is InChI=1S/C25H32N6O4/c1-3-11-31(12-4-2)25(33)20-13-19-6-5-18(14-22(19)27-23(15-20)28-30-26)17-7-9-21(10-8-17)35-16-24(32)29-34/h5-7,9,13,22H,3-4,8,10-12,14-16H2,1-2H3,(H2,26,27,28). The quantitative estimate of drug-likeness (QED) is 0.228. The molecular weight excluding hydrogens is 448 g/mol. The highest BCUT2D eigenvalue weighted by Gasteiger charge is 2.27. The van der Waals surface area contributed by atoms with E-state index in [0.717, 1.165) is 36.0 Å². The van der Waals surface area contributed by atoms with Crippen molar-refractivity contribution in [2.45, 2.75) is 58.4 Å². The number of aliphatic imine (C=N–C) groups is 1. The third-order valence-electron chi connectivity index (χ3n) is 6.00. The number of hydrogen-bond donors (Lipinski definition) is 1. The molecule has 0 aromatic rings. The van der Waals surface area contributed by atoms with Gasteiger partial charge in [-0.3, -0.25) is 14.6 Å². The molecular formula is C25H32N6O4. The Labute approximate surface area is 205 Å². The Hall–Kier alpha value is -3.69. The van der Waals surface area contributed by atoms with Gasteiger partial charge in [-0.25, -0.2) is 0 Å². The van der Waals surface area contributed by atoms with Crippen molar-refractivity contribution < 1.29 is 14.3 Å². The lowest BCUT2D eigenvalue weighted by Crippen LogP contribution is -2.34. The van der Waals surface area contributed by atoms with Crippen molar-refractivity contribution in [1.82, 2.24) is 4.90 Å². The second kappa shape index (κ2) is 12.7. The summed E-state index contributed by atoms with van der Waals surface area (Å²) in [5, 5.41) is 9.77. The Morgan fingerprint density at radius 3 is 2.49 bits per heavy atom. The third kappa shape index (κ3) is 6.91. The number of carbonyl (C=O) groups excluding carboxylic acids is 2. The number of hydrogen-bond acceptors (Lipinski definition) is 7. The first-order chi connectivity index (χ1) is 17.0. The van der Waals surface area contributed by atoms with Crippen molar-refractivity contribution in [3.63, 3.8) is 0 Å². The molecule has 0 aromatic carbocycles. The maximum absolute atomic E-state index is 13.3. The summed E-state index contributed by atoms with van der Waals surface area (Å²) in [6, 6.07) is -0.189. The fourth-order valence-electron chi connectivity index (χ4n) is 4.36. The summed E-state index contributed by atoms with van der Waals surface area (Å²) in [4.78, 5) is 41.2. The van der Waals surface area contributed by atoms with E-state index >= 15 is 0 Å². The number of nitrogens with two attached hydrogens (primary N) is 1. The molecule has 10 heteroatoms. The van der Waals surface area contributed by atoms with E-state index in [1.165, 1.54) is 0 Å². The summed E-state index contributed by atoms with van der Waals surface area (Å²) in [6.07, 6.45) is 13.9. The minimum atomic E-state index is -0.830. The fourth-order valence-corrected chi connectivity index (χ4v) is 4.36. The Morgan fingerprint density at radius 2 is 1.86 bits per heavy atom. The van der Waals surface area contributed by atoms with Crippen LogP contribution in [0.3, 0.4) is 0 Å². The molecule has 3 rings (SSSR count). The van der Waals surface area contributed by atoms with Crippen LogP contribution in [-0.2, 0) is 14.3 Å². The fraction of sp³-hybridized carbons (Fsp3) is 0.480. The Balaban J connectivity index is 1.84. The van der Waals surface area contributed by atoms with E-state index in [0.29, 0.717) is 43.1 Å². The molecule has 2 N–H and O–H groups in total. The summed E-state index contributed by atoms with van der Waals surface area (Å²) in [7, 11) is 0. The maximum atomic E-state index is 13.3. The molecule has 0 fully saturated rings. The van der Waals surface area contributed by atoms with Crippen LogP contribution in [0.4, 0.5) is 0 Å². The summed E-state index contributed by atoms with van der Waals surface area (Å²) < 4.78 is 5.34. The van der Waals surface area contributed by atoms with Crippen molar-refractivity contribution in [3.8, 4) is 0 Å². The van der Waals surface area contributed by atoms with Crippen LogP contribution < -0.4 is 5.84 Å². The average Bonchev–Trinajstić information content (AvgIpc) is 3.05. The number of ether oxygens (including phenoxy) is 1. The zero-order valence-corrected chi connectivity index (χ0v) is 20.3. The van der Waals surface area contributed by atoms with E-state index in [1.54, 1.807) is 0 Å². The first-order valence-corrected chi connectivity index (χ1v) is 12.0. The van der Waals surface area contributed by atoms with Crippen LogP contribution in [-0.4, -0.2) is 48.3 Å². The first-order valence-electron chi connectivity index (χ1n) is 12.0. The van der Waals surface area contributed by atoms with Crippen LogP contribution in [0.25, 0.3) is 0 Å². The monoisotopic (exact) mass is 480 g/mol. The van der Waals surface area contributed by atoms with E-state index in [4.69, 9.17) is 15.6 Å². The predicted molar refractivity (Wildman–Crippen MR) is 133 cm³/mol. The summed E-state index contributed by atoms with van der Waals surface area (Å²) in [5.41, 5.74) is 3.88. The number of nitroso groups, excluding NO2 is 1. The Morgan fingerprint density at radius 1 is 1.11 bits per heavy atom. The van der Waals surface area contributed by atoms with Crippen molar-refractivity contribution in [2.24, 2.45) is 26.3 Å². The van der Waals surface area contributed by atoms with Gasteiger partial charge in [0.2, 0.25) is 5.91 Å². The third-order valence-corrected chi connectivity index (χ3v) is 6.00. The number of nitrogens with zero attached hydrogens (tertiary/aromatic N) is 5. The molecule has 2 amide bonds. The molecule has 0 saturated heterocycles. The van der Waals surface area contributed by atoms with E-state index in [-0.39, 0.29) is 25.0 Å². The summed E-state index contributed by atoms with van der Waals surface area (Å²) in [6.45, 7) is 5.18. The summed E-state index contributed by atoms with van der Waals surface area (Å²) >= 11 is 0. The Kier molecular flexibility index (Phi) is 9.39. The van der Waals surface area contributed by atoms with E-state index in [9.17, 15) is 14.5 Å². The topological polar surface area (TPSA) is 139 Å². The highest BCUT2D eigenvalue weighted by molar-refractivity contribution is 6.01. The van der Waals surface area contributed by atoms with Crippen LogP contribution in [0.15, 0.2) is 78.9 Å². The second-order valence-corrected chi connectivity index (χ2v) is 8.58. The van der Waals surface area contributed by atoms with Crippen molar-refractivity contribution in [3.05, 3.63) is 63.3 Å². The number of allylic oxidation sites excluding steroid dienone is 6. The zero-order valence-electron chi connectivity index (χ0n) is 20.3. The molecule has 186 valence electrons. The normalized spacial score (nSPS) is 19.8. The number of amidine groups is 1. The van der Waals surface area contributed by atoms with Crippen molar-refractivity contribution in [1.29, 1.82) is 0 Å². The molecule has 2 aliphatic carbocycles. The molecule has 0 bridgehead atoms. The first kappa shape index (κ1) is 25.9. The van der Waals surface area contributed by atoms with Crippen LogP contribution >= 0.6 is 0 Å². The molecule has 0 spiro atoms. The minimum absolute atomic E-state index is 0.000800. The highest BCUT2D eigenvalue weighted by Crippen LogP contribution is 2.34. The number of amides is 2. The van der Waals surface area contributed by atoms with E-state index < -0.39 is 5.91 Å². The van der Waals surface area contributed by atoms with Gasteiger partial charge in [0.15, 0.2) is 12.4 Å². The number of rotatable bonds is 9. The SMILES string of the molecule is CCCN(CCC)C(=O)C1=CC2=CC=C(C3=CC=C(OCC(=O)N=O)CC3)CC2N=C(N=NN)C1. The lowest BCUT2D eigenvalue weighted by Gasteiger charge is -2.24. The average molecular weight is 481 g/mol. The van der Waals surface area contributed by atoms with Crippen LogP contribution in [0.2, 0.25) is 0 Å². The van der Waals surface area contributed by atoms with Gasteiger partial charge in [0, 0.05) is 36.7 Å². The zero-order chi connectivity index (χ0) is 25.2. The van der Waals surface area contributed by atoms with Crippen molar-refractivity contribution >= 4 is 17.6 Å². The van der Waals surface area contributed by atoms with Crippen molar-refractivity contribution in [2.75, 3.05) is 19.7 Å². The predicted octanol–water partition coefficient (Wildman–Crippen LogP) is 4.23. The lowest BCUT2D eigenvalue weighted by atomic mass is 9.86. The van der Waals surface area contributed by atoms with Gasteiger partial charge in [-0.1, -0.05) is 37.3 Å². The van der Waals surface area contributed by atoms with Gasteiger partial charge in [0.05, 0.1) is 11.8 Å². The van der Waals surface area contributed by atoms with Gasteiger partial charge in [-0.15, -0.1) is 10.0 Å². The minimum Gasteiger partial charge on any atom is -0.488 e. The maximum Gasteiger partial charge on any atom is 0.323 e. The van der Waals surface area contributed by atoms with Gasteiger partial charge >= 0.3 is 5.91 Å². The molecule has 1 unspecified atom stereocenters. The molecule has 0 saturated carbocycles. The smallest absolute Gasteiger partial charge is 0.323 e. The summed E-state index contributed by atoms with van der Waals surface area (Å²) in [5.74, 6) is 5.59. The van der Waals surface area contributed by atoms with Gasteiger partial charge in [-0.05, 0) is 54.6 Å². The highest BCUT2D eigenvalue weighted by atomic mass is 16.5. The molecule has 35 heavy (non-hydrogen) atoms. The molecule has 1 heterocycles. The van der Waals surface area contributed by atoms with Gasteiger partial charge < -0.3 is 15.5 Å². The Bertz CT molecular complexity index is 1060.